The predicted octanol–water partition coefficient (Wildman–Crippen LogP) is 4.26. The van der Waals surface area contributed by atoms with Gasteiger partial charge in [0.1, 0.15) is 11.5 Å². The maximum absolute atomic E-state index is 5.93. The highest BCUT2D eigenvalue weighted by Gasteiger charge is 2.19. The molecule has 1 unspecified atom stereocenters. The second-order valence-corrected chi connectivity index (χ2v) is 5.24. The number of rotatable bonds is 6. The molecule has 0 spiro atoms. The minimum absolute atomic E-state index is 0.133. The minimum atomic E-state index is 0.133. The monoisotopic (exact) mass is 275 g/mol. The minimum Gasteiger partial charge on any atom is -0.464 e. The zero-order valence-corrected chi connectivity index (χ0v) is 12.6. The van der Waals surface area contributed by atoms with E-state index in [1.165, 1.54) is 10.5 Å². The van der Waals surface area contributed by atoms with Gasteiger partial charge in [-0.15, -0.1) is 11.8 Å². The molecule has 1 aromatic heterocycles. The summed E-state index contributed by atoms with van der Waals surface area (Å²) >= 11 is 1.78. The summed E-state index contributed by atoms with van der Waals surface area (Å²) in [5, 5.41) is 3.52. The van der Waals surface area contributed by atoms with Gasteiger partial charge in [0.05, 0.1) is 6.04 Å². The lowest BCUT2D eigenvalue weighted by Gasteiger charge is -2.18. The smallest absolute Gasteiger partial charge is 0.125 e. The van der Waals surface area contributed by atoms with Crippen molar-refractivity contribution in [1.82, 2.24) is 5.32 Å². The van der Waals surface area contributed by atoms with Crippen molar-refractivity contribution in [1.29, 1.82) is 0 Å². The molecular formula is C16H21NOS. The van der Waals surface area contributed by atoms with Crippen LogP contribution in [0.3, 0.4) is 0 Å². The molecule has 1 atom stereocenters. The van der Waals surface area contributed by atoms with Crippen molar-refractivity contribution in [3.05, 3.63) is 53.5 Å². The van der Waals surface area contributed by atoms with E-state index in [4.69, 9.17) is 4.42 Å². The van der Waals surface area contributed by atoms with E-state index in [0.29, 0.717) is 0 Å². The molecule has 0 fully saturated rings. The van der Waals surface area contributed by atoms with Gasteiger partial charge in [0.2, 0.25) is 0 Å². The van der Waals surface area contributed by atoms with Crippen LogP contribution in [0.1, 0.15) is 37.0 Å². The number of hydrogen-bond acceptors (Lipinski definition) is 3. The molecule has 0 bridgehead atoms. The number of aryl methyl sites for hydroxylation is 1. The van der Waals surface area contributed by atoms with Crippen molar-refractivity contribution in [2.24, 2.45) is 0 Å². The fourth-order valence-corrected chi connectivity index (χ4v) is 2.85. The molecule has 0 radical (unpaired) electrons. The van der Waals surface area contributed by atoms with E-state index in [-0.39, 0.29) is 6.04 Å². The van der Waals surface area contributed by atoms with Crippen molar-refractivity contribution in [3.8, 4) is 0 Å². The lowest BCUT2D eigenvalue weighted by molar-refractivity contribution is 0.423. The molecule has 3 heteroatoms. The number of furan rings is 1. The fraction of sp³-hybridized carbons (Fsp3) is 0.375. The van der Waals surface area contributed by atoms with Crippen LogP contribution in [0.5, 0.6) is 0 Å². The van der Waals surface area contributed by atoms with Crippen molar-refractivity contribution in [3.63, 3.8) is 0 Å². The van der Waals surface area contributed by atoms with E-state index >= 15 is 0 Å². The van der Waals surface area contributed by atoms with Crippen LogP contribution >= 0.6 is 11.8 Å². The largest absolute Gasteiger partial charge is 0.464 e. The standard InChI is InChI=1S/C16H21NOS/c1-4-12-10-11-14(18-12)16(17-5-2)13-8-6-7-9-15(13)19-3/h6-11,16-17H,4-5H2,1-3H3. The van der Waals surface area contributed by atoms with Gasteiger partial charge >= 0.3 is 0 Å². The molecule has 0 aliphatic heterocycles. The zero-order valence-electron chi connectivity index (χ0n) is 11.8. The molecular weight excluding hydrogens is 254 g/mol. The van der Waals surface area contributed by atoms with Crippen molar-refractivity contribution >= 4 is 11.8 Å². The van der Waals surface area contributed by atoms with Gasteiger partial charge in [-0.05, 0) is 36.6 Å². The van der Waals surface area contributed by atoms with Crippen LogP contribution in [0.25, 0.3) is 0 Å². The zero-order chi connectivity index (χ0) is 13.7. The summed E-state index contributed by atoms with van der Waals surface area (Å²) in [5.41, 5.74) is 1.29. The van der Waals surface area contributed by atoms with Crippen LogP contribution in [0, 0.1) is 0 Å². The Bertz CT molecular complexity index is 521. The van der Waals surface area contributed by atoms with Gasteiger partial charge in [0, 0.05) is 11.3 Å². The third-order valence-electron chi connectivity index (χ3n) is 3.17. The second kappa shape index (κ2) is 6.83. The van der Waals surface area contributed by atoms with Gasteiger partial charge in [-0.25, -0.2) is 0 Å². The maximum atomic E-state index is 5.93. The van der Waals surface area contributed by atoms with E-state index in [9.17, 15) is 0 Å². The summed E-state index contributed by atoms with van der Waals surface area (Å²) in [4.78, 5) is 1.29. The molecule has 0 amide bonds. The quantitative estimate of drug-likeness (QED) is 0.797. The Hall–Kier alpha value is -1.19. The molecule has 0 aliphatic carbocycles. The molecule has 1 aromatic carbocycles. The average Bonchev–Trinajstić information content (AvgIpc) is 2.93. The lowest BCUT2D eigenvalue weighted by atomic mass is 10.0. The average molecular weight is 275 g/mol. The SMILES string of the molecule is CCNC(c1ccc(CC)o1)c1ccccc1SC. The third-order valence-corrected chi connectivity index (χ3v) is 3.99. The second-order valence-electron chi connectivity index (χ2n) is 4.39. The molecule has 2 nitrogen and oxygen atoms in total. The lowest BCUT2D eigenvalue weighted by Crippen LogP contribution is -2.22. The highest BCUT2D eigenvalue weighted by Crippen LogP contribution is 2.31. The van der Waals surface area contributed by atoms with Gasteiger partial charge in [0.15, 0.2) is 0 Å². The van der Waals surface area contributed by atoms with E-state index in [1.54, 1.807) is 11.8 Å². The summed E-state index contributed by atoms with van der Waals surface area (Å²) in [6.07, 6.45) is 3.05. The van der Waals surface area contributed by atoms with Crippen molar-refractivity contribution in [2.45, 2.75) is 31.2 Å². The Morgan fingerprint density at radius 3 is 2.58 bits per heavy atom. The highest BCUT2D eigenvalue weighted by molar-refractivity contribution is 7.98. The molecule has 0 aliphatic rings. The summed E-state index contributed by atoms with van der Waals surface area (Å²) in [6.45, 7) is 5.15. The Morgan fingerprint density at radius 2 is 1.95 bits per heavy atom. The van der Waals surface area contributed by atoms with Gasteiger partial charge in [-0.3, -0.25) is 0 Å². The van der Waals surface area contributed by atoms with Crippen LogP contribution < -0.4 is 5.32 Å². The molecule has 19 heavy (non-hydrogen) atoms. The molecule has 0 saturated heterocycles. The first kappa shape index (κ1) is 14.2. The summed E-state index contributed by atoms with van der Waals surface area (Å²) in [5.74, 6) is 2.04. The fourth-order valence-electron chi connectivity index (χ4n) is 2.21. The summed E-state index contributed by atoms with van der Waals surface area (Å²) < 4.78 is 5.93. The molecule has 1 heterocycles. The Morgan fingerprint density at radius 1 is 1.16 bits per heavy atom. The molecule has 2 rings (SSSR count). The van der Waals surface area contributed by atoms with Crippen molar-refractivity contribution in [2.75, 3.05) is 12.8 Å². The molecule has 0 saturated carbocycles. The Kier molecular flexibility index (Phi) is 5.11. The van der Waals surface area contributed by atoms with E-state index in [1.807, 2.05) is 0 Å². The van der Waals surface area contributed by atoms with Crippen LogP contribution in [0.4, 0.5) is 0 Å². The predicted molar refractivity (Wildman–Crippen MR) is 81.8 cm³/mol. The summed E-state index contributed by atoms with van der Waals surface area (Å²) in [7, 11) is 0. The van der Waals surface area contributed by atoms with Gasteiger partial charge in [-0.1, -0.05) is 32.0 Å². The van der Waals surface area contributed by atoms with Gasteiger partial charge in [-0.2, -0.15) is 0 Å². The number of benzene rings is 1. The van der Waals surface area contributed by atoms with Crippen LogP contribution in [0.2, 0.25) is 0 Å². The number of hydrogen-bond donors (Lipinski definition) is 1. The maximum Gasteiger partial charge on any atom is 0.125 e. The third kappa shape index (κ3) is 3.23. The first-order valence-corrected chi connectivity index (χ1v) is 7.97. The normalized spacial score (nSPS) is 12.6. The van der Waals surface area contributed by atoms with Gasteiger partial charge in [0.25, 0.3) is 0 Å². The molecule has 102 valence electrons. The first-order chi connectivity index (χ1) is 9.30. The topological polar surface area (TPSA) is 25.2 Å². The van der Waals surface area contributed by atoms with Crippen LogP contribution in [0.15, 0.2) is 45.7 Å². The molecule has 1 N–H and O–H groups in total. The number of nitrogens with one attached hydrogen (secondary N) is 1. The first-order valence-electron chi connectivity index (χ1n) is 6.75. The van der Waals surface area contributed by atoms with Crippen LogP contribution in [-0.2, 0) is 6.42 Å². The Balaban J connectivity index is 2.38. The van der Waals surface area contributed by atoms with Crippen LogP contribution in [-0.4, -0.2) is 12.8 Å². The van der Waals surface area contributed by atoms with Gasteiger partial charge < -0.3 is 9.73 Å². The van der Waals surface area contributed by atoms with Crippen molar-refractivity contribution < 1.29 is 4.42 Å². The summed E-state index contributed by atoms with van der Waals surface area (Å²) in [6, 6.07) is 12.8. The van der Waals surface area contributed by atoms with E-state index in [0.717, 1.165) is 24.5 Å². The van der Waals surface area contributed by atoms with E-state index in [2.05, 4.69) is 61.8 Å². The van der Waals surface area contributed by atoms with E-state index < -0.39 is 0 Å². The molecule has 2 aromatic rings. The Labute approximate surface area is 119 Å². The highest BCUT2D eigenvalue weighted by atomic mass is 32.2. The number of thioether (sulfide) groups is 1.